The van der Waals surface area contributed by atoms with E-state index >= 15 is 0 Å². The molecule has 0 fully saturated rings. The number of carbonyl (C=O) groups excluding carboxylic acids is 1. The van der Waals surface area contributed by atoms with E-state index in [1.54, 1.807) is 10.7 Å². The maximum absolute atomic E-state index is 12.2. The fourth-order valence-electron chi connectivity index (χ4n) is 2.46. The van der Waals surface area contributed by atoms with Gasteiger partial charge >= 0.3 is 0 Å². The fourth-order valence-corrected chi connectivity index (χ4v) is 2.46. The number of fused-ring (bicyclic) bond motifs is 1. The summed E-state index contributed by atoms with van der Waals surface area (Å²) in [5.41, 5.74) is 1.17. The number of amides is 1. The Balaban J connectivity index is 1.41. The molecule has 0 saturated carbocycles. The summed E-state index contributed by atoms with van der Waals surface area (Å²) in [6.45, 7) is 1.55. The van der Waals surface area contributed by atoms with E-state index in [-0.39, 0.29) is 12.5 Å². The summed E-state index contributed by atoms with van der Waals surface area (Å²) < 4.78 is 12.3. The molecule has 8 nitrogen and oxygen atoms in total. The second-order valence-corrected chi connectivity index (χ2v) is 5.35. The average Bonchev–Trinajstić information content (AvgIpc) is 3.27. The summed E-state index contributed by atoms with van der Waals surface area (Å²) in [4.78, 5) is 16.4. The van der Waals surface area contributed by atoms with Crippen molar-refractivity contribution in [2.75, 3.05) is 6.61 Å². The normalized spacial score (nSPS) is 13.2. The zero-order chi connectivity index (χ0) is 16.4. The number of hydrogen-bond donors (Lipinski definition) is 1. The quantitative estimate of drug-likeness (QED) is 0.783. The van der Waals surface area contributed by atoms with Crippen molar-refractivity contribution in [3.8, 4) is 17.3 Å². The molecule has 4 rings (SSSR count). The molecule has 1 N–H and O–H groups in total. The topological polar surface area (TPSA) is 95.1 Å². The number of nitrogens with one attached hydrogen (secondary N) is 1. The van der Waals surface area contributed by atoms with Crippen LogP contribution in [0.25, 0.3) is 11.4 Å². The Morgan fingerprint density at radius 2 is 2.17 bits per heavy atom. The van der Waals surface area contributed by atoms with E-state index in [4.69, 9.17) is 9.26 Å². The van der Waals surface area contributed by atoms with Crippen molar-refractivity contribution in [3.63, 3.8) is 0 Å². The van der Waals surface area contributed by atoms with E-state index < -0.39 is 0 Å². The summed E-state index contributed by atoms with van der Waals surface area (Å²) in [6.07, 6.45) is 0.889. The van der Waals surface area contributed by atoms with E-state index in [1.165, 1.54) is 0 Å². The monoisotopic (exact) mass is 325 g/mol. The first-order chi connectivity index (χ1) is 11.8. The Labute approximate surface area is 137 Å². The van der Waals surface area contributed by atoms with Crippen molar-refractivity contribution in [1.82, 2.24) is 25.2 Å². The summed E-state index contributed by atoms with van der Waals surface area (Å²) in [5.74, 6) is 1.14. The van der Waals surface area contributed by atoms with Gasteiger partial charge in [-0.25, -0.2) is 4.68 Å². The molecule has 24 heavy (non-hydrogen) atoms. The van der Waals surface area contributed by atoms with Crippen LogP contribution >= 0.6 is 0 Å². The molecule has 122 valence electrons. The van der Waals surface area contributed by atoms with Gasteiger partial charge in [0.15, 0.2) is 5.69 Å². The van der Waals surface area contributed by atoms with Gasteiger partial charge in [0.1, 0.15) is 0 Å². The molecular weight excluding hydrogens is 310 g/mol. The number of benzene rings is 1. The third-order valence-corrected chi connectivity index (χ3v) is 3.64. The Kier molecular flexibility index (Phi) is 3.70. The maximum atomic E-state index is 12.2. The number of nitrogens with zero attached hydrogens (tertiary/aromatic N) is 4. The Morgan fingerprint density at radius 3 is 3.00 bits per heavy atom. The third-order valence-electron chi connectivity index (χ3n) is 3.64. The SMILES string of the molecule is O=C(NCc1nc(-c2ccccc2)no1)c1cc2n(n1)CCCO2. The Hall–Kier alpha value is -3.16. The van der Waals surface area contributed by atoms with E-state index in [1.807, 2.05) is 30.3 Å². The molecule has 1 aliphatic heterocycles. The first-order valence-corrected chi connectivity index (χ1v) is 7.66. The van der Waals surface area contributed by atoms with Crippen molar-refractivity contribution in [1.29, 1.82) is 0 Å². The lowest BCUT2D eigenvalue weighted by atomic mass is 10.2. The fraction of sp³-hybridized carbons (Fsp3) is 0.250. The average molecular weight is 325 g/mol. The predicted molar refractivity (Wildman–Crippen MR) is 83.2 cm³/mol. The molecule has 0 unspecified atom stereocenters. The summed E-state index contributed by atoms with van der Waals surface area (Å²) >= 11 is 0. The van der Waals surface area contributed by atoms with Crippen molar-refractivity contribution in [3.05, 3.63) is 48.0 Å². The smallest absolute Gasteiger partial charge is 0.272 e. The highest BCUT2D eigenvalue weighted by atomic mass is 16.5. The molecule has 0 radical (unpaired) electrons. The Bertz CT molecular complexity index is 832. The largest absolute Gasteiger partial charge is 0.478 e. The number of carbonyl (C=O) groups is 1. The molecule has 0 spiro atoms. The van der Waals surface area contributed by atoms with E-state index in [2.05, 4.69) is 20.6 Å². The first kappa shape index (κ1) is 14.4. The standard InChI is InChI=1S/C16H15N5O3/c22-16(12-9-14-21(19-12)7-4-8-23-14)17-10-13-18-15(20-24-13)11-5-2-1-3-6-11/h1-3,5-6,9H,4,7-8,10H2,(H,17,22). The van der Waals surface area contributed by atoms with Gasteiger partial charge in [-0.3, -0.25) is 4.79 Å². The minimum absolute atomic E-state index is 0.141. The second-order valence-electron chi connectivity index (χ2n) is 5.35. The molecular formula is C16H15N5O3. The van der Waals surface area contributed by atoms with Gasteiger partial charge in [-0.15, -0.1) is 0 Å². The van der Waals surface area contributed by atoms with Gasteiger partial charge in [0.05, 0.1) is 13.2 Å². The lowest BCUT2D eigenvalue weighted by molar-refractivity contribution is 0.0940. The minimum atomic E-state index is -0.306. The van der Waals surface area contributed by atoms with Crippen LogP contribution in [0.2, 0.25) is 0 Å². The molecule has 8 heteroatoms. The van der Waals surface area contributed by atoms with Crippen LogP contribution in [0, 0.1) is 0 Å². The summed E-state index contributed by atoms with van der Waals surface area (Å²) in [5, 5.41) is 10.9. The molecule has 0 saturated heterocycles. The molecule has 2 aromatic heterocycles. The molecule has 3 heterocycles. The minimum Gasteiger partial charge on any atom is -0.478 e. The van der Waals surface area contributed by atoms with Crippen LogP contribution in [0.5, 0.6) is 5.88 Å². The first-order valence-electron chi connectivity index (χ1n) is 7.66. The predicted octanol–water partition coefficient (Wildman–Crippen LogP) is 1.65. The van der Waals surface area contributed by atoms with Gasteiger partial charge in [-0.2, -0.15) is 10.1 Å². The highest BCUT2D eigenvalue weighted by molar-refractivity contribution is 5.92. The van der Waals surface area contributed by atoms with Crippen molar-refractivity contribution < 1.29 is 14.1 Å². The number of aryl methyl sites for hydroxylation is 1. The van der Waals surface area contributed by atoms with E-state index in [9.17, 15) is 4.79 Å². The summed E-state index contributed by atoms with van der Waals surface area (Å²) in [6, 6.07) is 11.1. The van der Waals surface area contributed by atoms with Gasteiger partial charge in [0, 0.05) is 24.6 Å². The van der Waals surface area contributed by atoms with E-state index in [0.29, 0.717) is 29.9 Å². The van der Waals surface area contributed by atoms with Crippen LogP contribution in [0.4, 0.5) is 0 Å². The van der Waals surface area contributed by atoms with Gasteiger partial charge in [-0.05, 0) is 0 Å². The van der Waals surface area contributed by atoms with Crippen LogP contribution < -0.4 is 10.1 Å². The van der Waals surface area contributed by atoms with Crippen LogP contribution in [-0.2, 0) is 13.1 Å². The zero-order valence-corrected chi connectivity index (χ0v) is 12.8. The van der Waals surface area contributed by atoms with Crippen molar-refractivity contribution in [2.24, 2.45) is 0 Å². The molecule has 0 bridgehead atoms. The molecule has 3 aromatic rings. The van der Waals surface area contributed by atoms with Crippen molar-refractivity contribution in [2.45, 2.75) is 19.5 Å². The number of ether oxygens (including phenoxy) is 1. The molecule has 0 aliphatic carbocycles. The molecule has 1 aliphatic rings. The summed E-state index contributed by atoms with van der Waals surface area (Å²) in [7, 11) is 0. The lowest BCUT2D eigenvalue weighted by Gasteiger charge is -2.13. The van der Waals surface area contributed by atoms with Crippen molar-refractivity contribution >= 4 is 5.91 Å². The molecule has 1 amide bonds. The van der Waals surface area contributed by atoms with Gasteiger partial charge in [0.2, 0.25) is 17.6 Å². The Morgan fingerprint density at radius 1 is 1.29 bits per heavy atom. The van der Waals surface area contributed by atoms with Gasteiger partial charge in [0.25, 0.3) is 5.91 Å². The van der Waals surface area contributed by atoms with Crippen LogP contribution in [0.15, 0.2) is 40.9 Å². The van der Waals surface area contributed by atoms with Gasteiger partial charge < -0.3 is 14.6 Å². The number of hydrogen-bond acceptors (Lipinski definition) is 6. The van der Waals surface area contributed by atoms with E-state index in [0.717, 1.165) is 18.5 Å². The maximum Gasteiger partial charge on any atom is 0.272 e. The lowest BCUT2D eigenvalue weighted by Crippen LogP contribution is -2.23. The molecule has 1 aromatic carbocycles. The number of rotatable bonds is 4. The highest BCUT2D eigenvalue weighted by Gasteiger charge is 2.18. The molecule has 0 atom stereocenters. The van der Waals surface area contributed by atoms with Gasteiger partial charge in [-0.1, -0.05) is 35.5 Å². The van der Waals surface area contributed by atoms with Crippen LogP contribution in [0.1, 0.15) is 22.8 Å². The highest BCUT2D eigenvalue weighted by Crippen LogP contribution is 2.18. The van der Waals surface area contributed by atoms with Crippen LogP contribution in [0.3, 0.4) is 0 Å². The third kappa shape index (κ3) is 2.85. The zero-order valence-electron chi connectivity index (χ0n) is 12.8. The number of aromatic nitrogens is 4. The second kappa shape index (κ2) is 6.15. The van der Waals surface area contributed by atoms with Crippen LogP contribution in [-0.4, -0.2) is 32.4 Å².